The highest BCUT2D eigenvalue weighted by Crippen LogP contribution is 2.25. The highest BCUT2D eigenvalue weighted by molar-refractivity contribution is 5.87. The summed E-state index contributed by atoms with van der Waals surface area (Å²) in [5.74, 6) is -0.228. The number of esters is 1. The minimum Gasteiger partial charge on any atom is -0.466 e. The number of hydrogen-bond donors (Lipinski definition) is 1. The zero-order valence-electron chi connectivity index (χ0n) is 12.8. The first kappa shape index (κ1) is 15.4. The second-order valence-corrected chi connectivity index (χ2v) is 5.18. The van der Waals surface area contributed by atoms with Gasteiger partial charge < -0.3 is 19.4 Å². The molecular formula is C16H22N2O3. The van der Waals surface area contributed by atoms with Crippen LogP contribution in [0, 0.1) is 0 Å². The van der Waals surface area contributed by atoms with Gasteiger partial charge in [-0.2, -0.15) is 0 Å². The second kappa shape index (κ2) is 7.13. The molecule has 0 spiro atoms. The van der Waals surface area contributed by atoms with Gasteiger partial charge in [-0.25, -0.2) is 0 Å². The molecule has 21 heavy (non-hydrogen) atoms. The Balaban J connectivity index is 2.06. The first-order valence-electron chi connectivity index (χ1n) is 7.14. The normalized spacial score (nSPS) is 11.0. The van der Waals surface area contributed by atoms with E-state index in [9.17, 15) is 4.79 Å². The SMILES string of the molecule is CCOC(=O)Cc1coc2cc(NCCN(C)C)ccc12. The number of nitrogens with zero attached hydrogens (tertiary/aromatic N) is 1. The van der Waals surface area contributed by atoms with Gasteiger partial charge in [-0.1, -0.05) is 0 Å². The molecule has 1 heterocycles. The first-order chi connectivity index (χ1) is 10.1. The van der Waals surface area contributed by atoms with Crippen molar-refractivity contribution >= 4 is 22.6 Å². The average Bonchev–Trinajstić information content (AvgIpc) is 2.81. The van der Waals surface area contributed by atoms with Crippen molar-refractivity contribution in [2.45, 2.75) is 13.3 Å². The standard InChI is InChI=1S/C16H22N2O3/c1-4-20-16(19)9-12-11-21-15-10-13(5-6-14(12)15)17-7-8-18(2)3/h5-6,10-11,17H,4,7-9H2,1-3H3. The minimum absolute atomic E-state index is 0.228. The first-order valence-corrected chi connectivity index (χ1v) is 7.14. The molecule has 1 aromatic carbocycles. The van der Waals surface area contributed by atoms with Gasteiger partial charge in [0.2, 0.25) is 0 Å². The topological polar surface area (TPSA) is 54.7 Å². The van der Waals surface area contributed by atoms with Crippen molar-refractivity contribution in [1.82, 2.24) is 4.90 Å². The lowest BCUT2D eigenvalue weighted by molar-refractivity contribution is -0.142. The van der Waals surface area contributed by atoms with Crippen LogP contribution in [0.3, 0.4) is 0 Å². The van der Waals surface area contributed by atoms with E-state index in [1.54, 1.807) is 13.2 Å². The highest BCUT2D eigenvalue weighted by atomic mass is 16.5. The predicted octanol–water partition coefficient (Wildman–Crippen LogP) is 2.51. The van der Waals surface area contributed by atoms with Gasteiger partial charge in [-0.3, -0.25) is 4.79 Å². The average molecular weight is 290 g/mol. The number of ether oxygens (including phenoxy) is 1. The fourth-order valence-corrected chi connectivity index (χ4v) is 2.12. The third-order valence-corrected chi connectivity index (χ3v) is 3.18. The van der Waals surface area contributed by atoms with Gasteiger partial charge >= 0.3 is 5.97 Å². The van der Waals surface area contributed by atoms with Crippen molar-refractivity contribution in [2.75, 3.05) is 39.1 Å². The van der Waals surface area contributed by atoms with Crippen LogP contribution >= 0.6 is 0 Å². The molecule has 5 heteroatoms. The van der Waals surface area contributed by atoms with Gasteiger partial charge in [0.1, 0.15) is 5.58 Å². The van der Waals surface area contributed by atoms with Crippen LogP contribution in [-0.4, -0.2) is 44.7 Å². The molecule has 1 aromatic heterocycles. The Morgan fingerprint density at radius 2 is 2.19 bits per heavy atom. The second-order valence-electron chi connectivity index (χ2n) is 5.18. The number of carbonyl (C=O) groups excluding carboxylic acids is 1. The molecule has 0 aliphatic rings. The van der Waals surface area contributed by atoms with E-state index in [1.807, 2.05) is 32.3 Å². The number of nitrogens with one attached hydrogen (secondary N) is 1. The van der Waals surface area contributed by atoms with Crippen LogP contribution in [0.2, 0.25) is 0 Å². The van der Waals surface area contributed by atoms with E-state index in [4.69, 9.17) is 9.15 Å². The number of likely N-dealkylation sites (N-methyl/N-ethyl adjacent to an activating group) is 1. The van der Waals surface area contributed by atoms with E-state index < -0.39 is 0 Å². The third kappa shape index (κ3) is 4.23. The Morgan fingerprint density at radius 3 is 2.90 bits per heavy atom. The van der Waals surface area contributed by atoms with Crippen LogP contribution in [0.15, 0.2) is 28.9 Å². The van der Waals surface area contributed by atoms with Gasteiger partial charge in [0, 0.05) is 35.8 Å². The predicted molar refractivity (Wildman–Crippen MR) is 83.6 cm³/mol. The van der Waals surface area contributed by atoms with Crippen molar-refractivity contribution in [1.29, 1.82) is 0 Å². The molecule has 5 nitrogen and oxygen atoms in total. The zero-order chi connectivity index (χ0) is 15.2. The summed E-state index contributed by atoms with van der Waals surface area (Å²) in [7, 11) is 4.08. The molecule has 0 fully saturated rings. The molecule has 0 saturated carbocycles. The van der Waals surface area contributed by atoms with Gasteiger partial charge in [-0.15, -0.1) is 0 Å². The Morgan fingerprint density at radius 1 is 1.38 bits per heavy atom. The van der Waals surface area contributed by atoms with E-state index in [-0.39, 0.29) is 12.4 Å². The number of hydrogen-bond acceptors (Lipinski definition) is 5. The van der Waals surface area contributed by atoms with Gasteiger partial charge in [0.15, 0.2) is 0 Å². The van der Waals surface area contributed by atoms with E-state index in [0.717, 1.165) is 35.3 Å². The summed E-state index contributed by atoms with van der Waals surface area (Å²) in [6.07, 6.45) is 1.87. The molecule has 0 aliphatic heterocycles. The fraction of sp³-hybridized carbons (Fsp3) is 0.438. The van der Waals surface area contributed by atoms with Crippen molar-refractivity contribution in [2.24, 2.45) is 0 Å². The molecule has 0 unspecified atom stereocenters. The number of rotatable bonds is 7. The highest BCUT2D eigenvalue weighted by Gasteiger charge is 2.11. The molecule has 0 bridgehead atoms. The molecule has 2 rings (SSSR count). The maximum atomic E-state index is 11.5. The molecule has 0 amide bonds. The van der Waals surface area contributed by atoms with E-state index in [1.165, 1.54) is 0 Å². The number of furan rings is 1. The van der Waals surface area contributed by atoms with Gasteiger partial charge in [-0.05, 0) is 33.2 Å². The summed E-state index contributed by atoms with van der Waals surface area (Å²) >= 11 is 0. The number of carbonyl (C=O) groups is 1. The monoisotopic (exact) mass is 290 g/mol. The minimum atomic E-state index is -0.228. The Hall–Kier alpha value is -2.01. The Kier molecular flexibility index (Phi) is 5.22. The summed E-state index contributed by atoms with van der Waals surface area (Å²) < 4.78 is 10.5. The summed E-state index contributed by atoms with van der Waals surface area (Å²) in [5.41, 5.74) is 2.66. The summed E-state index contributed by atoms with van der Waals surface area (Å²) in [5, 5.41) is 4.30. The maximum Gasteiger partial charge on any atom is 0.310 e. The zero-order valence-corrected chi connectivity index (χ0v) is 12.8. The van der Waals surface area contributed by atoms with Crippen LogP contribution in [0.4, 0.5) is 5.69 Å². The molecule has 0 saturated heterocycles. The van der Waals surface area contributed by atoms with Crippen LogP contribution in [0.1, 0.15) is 12.5 Å². The quantitative estimate of drug-likeness (QED) is 0.794. The Labute approximate surface area is 124 Å². The smallest absolute Gasteiger partial charge is 0.310 e. The number of fused-ring (bicyclic) bond motifs is 1. The molecule has 1 N–H and O–H groups in total. The third-order valence-electron chi connectivity index (χ3n) is 3.18. The fourth-order valence-electron chi connectivity index (χ4n) is 2.12. The largest absolute Gasteiger partial charge is 0.466 e. The van der Waals surface area contributed by atoms with Gasteiger partial charge in [0.25, 0.3) is 0 Å². The van der Waals surface area contributed by atoms with Crippen molar-refractivity contribution in [3.8, 4) is 0 Å². The van der Waals surface area contributed by atoms with Gasteiger partial charge in [0.05, 0.1) is 19.3 Å². The van der Waals surface area contributed by atoms with Crippen molar-refractivity contribution in [3.63, 3.8) is 0 Å². The number of benzene rings is 1. The van der Waals surface area contributed by atoms with E-state index in [2.05, 4.69) is 10.2 Å². The molecule has 2 aromatic rings. The molecular weight excluding hydrogens is 268 g/mol. The summed E-state index contributed by atoms with van der Waals surface area (Å²) in [6.45, 7) is 4.03. The van der Waals surface area contributed by atoms with Crippen molar-refractivity contribution < 1.29 is 13.9 Å². The lowest BCUT2D eigenvalue weighted by atomic mass is 10.1. The molecule has 114 valence electrons. The van der Waals surface area contributed by atoms with Crippen LogP contribution in [-0.2, 0) is 16.0 Å². The van der Waals surface area contributed by atoms with Crippen molar-refractivity contribution in [3.05, 3.63) is 30.0 Å². The molecule has 0 radical (unpaired) electrons. The van der Waals surface area contributed by atoms with Crippen LogP contribution < -0.4 is 5.32 Å². The lowest BCUT2D eigenvalue weighted by Gasteiger charge is -2.11. The van der Waals surface area contributed by atoms with Crippen LogP contribution in [0.25, 0.3) is 11.0 Å². The maximum absolute atomic E-state index is 11.5. The molecule has 0 aliphatic carbocycles. The summed E-state index contributed by atoms with van der Waals surface area (Å²) in [4.78, 5) is 13.7. The lowest BCUT2D eigenvalue weighted by Crippen LogP contribution is -2.20. The Bertz CT molecular complexity index is 605. The van der Waals surface area contributed by atoms with E-state index in [0.29, 0.717) is 6.61 Å². The summed E-state index contributed by atoms with van der Waals surface area (Å²) in [6, 6.07) is 5.94. The molecule has 0 atom stereocenters. The van der Waals surface area contributed by atoms with E-state index >= 15 is 0 Å². The van der Waals surface area contributed by atoms with Crippen LogP contribution in [0.5, 0.6) is 0 Å². The number of anilines is 1.